The summed E-state index contributed by atoms with van der Waals surface area (Å²) in [6.07, 6.45) is 5.57. The van der Waals surface area contributed by atoms with Gasteiger partial charge >= 0.3 is 12.1 Å². The number of aryl methyl sites for hydroxylation is 1. The number of carbonyl (C=O) groups is 4. The summed E-state index contributed by atoms with van der Waals surface area (Å²) >= 11 is 0. The third-order valence-corrected chi connectivity index (χ3v) is 12.5. The molecule has 0 atom stereocenters. The molecule has 10 rings (SSSR count). The van der Waals surface area contributed by atoms with E-state index in [0.717, 1.165) is 83.9 Å². The van der Waals surface area contributed by atoms with Crippen LogP contribution in [0.3, 0.4) is 0 Å². The van der Waals surface area contributed by atoms with E-state index in [2.05, 4.69) is 44.2 Å². The van der Waals surface area contributed by atoms with Gasteiger partial charge in [-0.2, -0.15) is 0 Å². The van der Waals surface area contributed by atoms with Crippen LogP contribution in [-0.4, -0.2) is 119 Å². The van der Waals surface area contributed by atoms with Crippen molar-refractivity contribution in [1.82, 2.24) is 29.6 Å². The molecular formula is C43H48N10O4. The highest BCUT2D eigenvalue weighted by atomic mass is 16.2. The lowest BCUT2D eigenvalue weighted by atomic mass is 9.79. The zero-order chi connectivity index (χ0) is 39.5. The van der Waals surface area contributed by atoms with Crippen LogP contribution in [0, 0.1) is 17.8 Å². The number of anilines is 6. The average molecular weight is 769 g/mol. The SMILES string of the molecule is CCN1CCC2(C1)CN(C(=O)N1c3cc(C)ccc3C(=O)Nc3cccnc31)C2.CCN1CCC2(C1)CN(C(=O)N1c3ccccc3C(=O)Nc3cccnc31)C2. The molecule has 2 aromatic carbocycles. The molecule has 14 heteroatoms. The lowest BCUT2D eigenvalue weighted by Crippen LogP contribution is -2.61. The molecular weight excluding hydrogens is 721 g/mol. The number of nitrogens with one attached hydrogen (secondary N) is 2. The van der Waals surface area contributed by atoms with Crippen molar-refractivity contribution in [2.75, 3.05) is 85.9 Å². The van der Waals surface area contributed by atoms with Crippen LogP contribution in [0.4, 0.5) is 44.0 Å². The van der Waals surface area contributed by atoms with Crippen LogP contribution in [0.2, 0.25) is 0 Å². The quantitative estimate of drug-likeness (QED) is 0.247. The van der Waals surface area contributed by atoms with Crippen molar-refractivity contribution in [2.24, 2.45) is 10.8 Å². The molecule has 294 valence electrons. The van der Waals surface area contributed by atoms with Crippen molar-refractivity contribution >= 4 is 58.3 Å². The van der Waals surface area contributed by atoms with Crippen molar-refractivity contribution in [3.63, 3.8) is 0 Å². The van der Waals surface area contributed by atoms with E-state index in [1.54, 1.807) is 70.7 Å². The van der Waals surface area contributed by atoms with Crippen LogP contribution in [0.5, 0.6) is 0 Å². The number of pyridine rings is 2. The molecule has 8 heterocycles. The first-order valence-electron chi connectivity index (χ1n) is 19.9. The van der Waals surface area contributed by atoms with E-state index >= 15 is 0 Å². The molecule has 2 N–H and O–H groups in total. The first kappa shape index (κ1) is 36.8. The van der Waals surface area contributed by atoms with Gasteiger partial charge < -0.3 is 30.2 Å². The molecule has 6 aliphatic rings. The Bertz CT molecular complexity index is 2270. The van der Waals surface area contributed by atoms with Gasteiger partial charge in [0.2, 0.25) is 0 Å². The second-order valence-corrected chi connectivity index (χ2v) is 16.4. The number of urea groups is 2. The van der Waals surface area contributed by atoms with Gasteiger partial charge in [0.25, 0.3) is 11.8 Å². The number of para-hydroxylation sites is 1. The number of hydrogen-bond acceptors (Lipinski definition) is 8. The van der Waals surface area contributed by atoms with Gasteiger partial charge in [0.05, 0.1) is 33.9 Å². The predicted octanol–water partition coefficient (Wildman–Crippen LogP) is 6.17. The molecule has 0 radical (unpaired) electrons. The van der Waals surface area contributed by atoms with Crippen LogP contribution < -0.4 is 20.4 Å². The topological polar surface area (TPSA) is 138 Å². The second-order valence-electron chi connectivity index (χ2n) is 16.4. The number of fused-ring (bicyclic) bond motifs is 4. The minimum atomic E-state index is -0.227. The van der Waals surface area contributed by atoms with E-state index in [0.29, 0.717) is 45.5 Å². The van der Waals surface area contributed by atoms with Crippen molar-refractivity contribution in [1.29, 1.82) is 0 Å². The molecule has 2 aromatic heterocycles. The zero-order valence-electron chi connectivity index (χ0n) is 32.7. The molecule has 6 aliphatic heterocycles. The number of amides is 6. The fourth-order valence-corrected chi connectivity index (χ4v) is 9.41. The maximum Gasteiger partial charge on any atom is 0.330 e. The lowest BCUT2D eigenvalue weighted by molar-refractivity contribution is 0.0429. The molecule has 0 bridgehead atoms. The highest BCUT2D eigenvalue weighted by Gasteiger charge is 2.52. The summed E-state index contributed by atoms with van der Waals surface area (Å²) < 4.78 is 0. The van der Waals surface area contributed by atoms with Crippen LogP contribution in [0.15, 0.2) is 79.1 Å². The van der Waals surface area contributed by atoms with E-state index in [9.17, 15) is 19.2 Å². The Hall–Kier alpha value is -5.86. The van der Waals surface area contributed by atoms with E-state index in [-0.39, 0.29) is 34.7 Å². The highest BCUT2D eigenvalue weighted by molar-refractivity contribution is 6.18. The van der Waals surface area contributed by atoms with Gasteiger partial charge in [-0.1, -0.05) is 32.0 Å². The Morgan fingerprint density at radius 3 is 1.63 bits per heavy atom. The first-order valence-corrected chi connectivity index (χ1v) is 19.9. The summed E-state index contributed by atoms with van der Waals surface area (Å²) in [6.45, 7) is 15.8. The average Bonchev–Trinajstić information content (AvgIpc) is 3.79. The number of likely N-dealkylation sites (tertiary alicyclic amines) is 4. The number of benzene rings is 2. The van der Waals surface area contributed by atoms with Crippen LogP contribution >= 0.6 is 0 Å². The highest BCUT2D eigenvalue weighted by Crippen LogP contribution is 2.45. The van der Waals surface area contributed by atoms with Crippen LogP contribution in [-0.2, 0) is 0 Å². The fraction of sp³-hybridized carbons (Fsp3) is 0.395. The van der Waals surface area contributed by atoms with Crippen molar-refractivity contribution < 1.29 is 19.2 Å². The zero-order valence-corrected chi connectivity index (χ0v) is 32.7. The van der Waals surface area contributed by atoms with Crippen LogP contribution in [0.1, 0.15) is 53.0 Å². The third kappa shape index (κ3) is 6.46. The van der Waals surface area contributed by atoms with Crippen molar-refractivity contribution in [2.45, 2.75) is 33.6 Å². The number of aromatic nitrogens is 2. The maximum atomic E-state index is 13.6. The van der Waals surface area contributed by atoms with Gasteiger partial charge in [-0.25, -0.2) is 29.4 Å². The summed E-state index contributed by atoms with van der Waals surface area (Å²) in [5, 5.41) is 5.78. The number of nitrogens with zero attached hydrogens (tertiary/aromatic N) is 8. The van der Waals surface area contributed by atoms with Crippen molar-refractivity contribution in [3.8, 4) is 0 Å². The van der Waals surface area contributed by atoms with Gasteiger partial charge in [0.15, 0.2) is 11.6 Å². The summed E-state index contributed by atoms with van der Waals surface area (Å²) in [5.41, 5.74) is 4.64. The standard InChI is InChI=1S/C22H25N5O2.C21H23N5O2/c1-3-25-10-8-22(12-25)13-26(14-22)21(29)27-18-11-15(2)6-7-16(18)20(28)24-17-5-4-9-23-19(17)27;1-2-24-11-9-21(12-24)13-25(14-21)20(28)26-17-8-4-3-6-15(17)19(27)23-16-7-5-10-22-18(16)26/h4-7,9,11H,3,8,10,12-14H2,1-2H3,(H,24,28);3-8,10H,2,9,11-14H2,1H3,(H,23,27). The van der Waals surface area contributed by atoms with Gasteiger partial charge in [0, 0.05) is 62.5 Å². The number of hydrogen-bond donors (Lipinski definition) is 2. The Morgan fingerprint density at radius 1 is 0.632 bits per heavy atom. The van der Waals surface area contributed by atoms with Gasteiger partial charge in [-0.3, -0.25) is 9.59 Å². The maximum absolute atomic E-state index is 13.6. The lowest BCUT2D eigenvalue weighted by Gasteiger charge is -2.49. The molecule has 4 aromatic rings. The Labute approximate surface area is 332 Å². The van der Waals surface area contributed by atoms with Crippen molar-refractivity contribution in [3.05, 3.63) is 95.8 Å². The molecule has 0 aliphatic carbocycles. The normalized spacial score (nSPS) is 20.1. The molecule has 57 heavy (non-hydrogen) atoms. The number of carbonyl (C=O) groups excluding carboxylic acids is 4. The van der Waals surface area contributed by atoms with Crippen LogP contribution in [0.25, 0.3) is 0 Å². The van der Waals surface area contributed by atoms with Gasteiger partial charge in [0.1, 0.15) is 0 Å². The molecule has 14 nitrogen and oxygen atoms in total. The Balaban J connectivity index is 0.000000148. The first-order chi connectivity index (χ1) is 27.6. The van der Waals surface area contributed by atoms with E-state index < -0.39 is 0 Å². The minimum Gasteiger partial charge on any atom is -0.323 e. The van der Waals surface area contributed by atoms with E-state index in [1.807, 2.05) is 34.9 Å². The Kier molecular flexibility index (Phi) is 9.20. The summed E-state index contributed by atoms with van der Waals surface area (Å²) in [5.74, 6) is 0.486. The molecule has 0 unspecified atom stereocenters. The molecule has 4 fully saturated rings. The van der Waals surface area contributed by atoms with Gasteiger partial charge in [-0.15, -0.1) is 0 Å². The fourth-order valence-electron chi connectivity index (χ4n) is 9.41. The largest absolute Gasteiger partial charge is 0.330 e. The molecule has 0 saturated carbocycles. The monoisotopic (exact) mass is 768 g/mol. The summed E-state index contributed by atoms with van der Waals surface area (Å²) in [7, 11) is 0. The minimum absolute atomic E-state index is 0.117. The second kappa shape index (κ2) is 14.3. The van der Waals surface area contributed by atoms with E-state index in [1.165, 1.54) is 0 Å². The smallest absolute Gasteiger partial charge is 0.323 e. The third-order valence-electron chi connectivity index (χ3n) is 12.5. The molecule has 6 amide bonds. The summed E-state index contributed by atoms with van der Waals surface area (Å²) in [4.78, 5) is 73.3. The Morgan fingerprint density at radius 2 is 1.12 bits per heavy atom. The predicted molar refractivity (Wildman–Crippen MR) is 219 cm³/mol. The molecule has 4 saturated heterocycles. The molecule has 2 spiro atoms. The van der Waals surface area contributed by atoms with Gasteiger partial charge in [-0.05, 0) is 100 Å². The van der Waals surface area contributed by atoms with E-state index in [4.69, 9.17) is 0 Å². The number of rotatable bonds is 2. The summed E-state index contributed by atoms with van der Waals surface area (Å²) in [6, 6.07) is 19.6.